The van der Waals surface area contributed by atoms with E-state index in [1.807, 2.05) is 26.2 Å². The van der Waals surface area contributed by atoms with Crippen molar-refractivity contribution in [3.05, 3.63) is 23.2 Å². The van der Waals surface area contributed by atoms with Crippen molar-refractivity contribution in [3.63, 3.8) is 0 Å². The van der Waals surface area contributed by atoms with Gasteiger partial charge < -0.3 is 15.5 Å². The normalized spacial score (nSPS) is 19.6. The summed E-state index contributed by atoms with van der Waals surface area (Å²) in [6.07, 6.45) is 3.89. The van der Waals surface area contributed by atoms with Gasteiger partial charge in [0.1, 0.15) is 0 Å². The van der Waals surface area contributed by atoms with Gasteiger partial charge in [-0.1, -0.05) is 24.1 Å². The smallest absolute Gasteiger partial charge is 0.0786 e. The lowest BCUT2D eigenvalue weighted by Crippen LogP contribution is -2.39. The minimum atomic E-state index is 0.577. The number of anilines is 2. The highest BCUT2D eigenvalue weighted by atomic mass is 35.5. The monoisotopic (exact) mass is 267 g/mol. The number of benzene rings is 1. The number of rotatable bonds is 4. The third-order valence-corrected chi connectivity index (χ3v) is 3.69. The molecule has 2 N–H and O–H groups in total. The zero-order chi connectivity index (χ0) is 13.0. The summed E-state index contributed by atoms with van der Waals surface area (Å²) < 4.78 is 0. The second-order valence-electron chi connectivity index (χ2n) is 5.06. The van der Waals surface area contributed by atoms with Crippen LogP contribution in [0, 0.1) is 0 Å². The van der Waals surface area contributed by atoms with Crippen molar-refractivity contribution in [1.29, 1.82) is 0 Å². The van der Waals surface area contributed by atoms with E-state index in [4.69, 9.17) is 11.6 Å². The van der Waals surface area contributed by atoms with E-state index in [0.717, 1.165) is 29.5 Å². The van der Waals surface area contributed by atoms with Crippen LogP contribution in [0.4, 0.5) is 11.4 Å². The molecule has 0 aromatic heterocycles. The summed E-state index contributed by atoms with van der Waals surface area (Å²) in [4.78, 5) is 2.05. The maximum atomic E-state index is 6.25. The van der Waals surface area contributed by atoms with E-state index in [0.29, 0.717) is 6.04 Å². The fourth-order valence-electron chi connectivity index (χ4n) is 2.44. The molecule has 1 unspecified atom stereocenters. The quantitative estimate of drug-likeness (QED) is 0.878. The van der Waals surface area contributed by atoms with E-state index in [1.54, 1.807) is 0 Å². The second-order valence-corrected chi connectivity index (χ2v) is 5.47. The van der Waals surface area contributed by atoms with Gasteiger partial charge in [0, 0.05) is 26.7 Å². The highest BCUT2D eigenvalue weighted by molar-refractivity contribution is 6.34. The number of halogens is 1. The number of hydrogen-bond donors (Lipinski definition) is 2. The molecular weight excluding hydrogens is 246 g/mol. The highest BCUT2D eigenvalue weighted by Crippen LogP contribution is 2.32. The molecule has 3 nitrogen and oxygen atoms in total. The Kier molecular flexibility index (Phi) is 4.72. The van der Waals surface area contributed by atoms with Gasteiger partial charge >= 0.3 is 0 Å². The van der Waals surface area contributed by atoms with Crippen LogP contribution in [0.25, 0.3) is 0 Å². The van der Waals surface area contributed by atoms with Gasteiger partial charge in [-0.15, -0.1) is 0 Å². The summed E-state index contributed by atoms with van der Waals surface area (Å²) in [5, 5.41) is 7.85. The Morgan fingerprint density at radius 2 is 2.22 bits per heavy atom. The molecule has 0 spiro atoms. The first kappa shape index (κ1) is 13.5. The summed E-state index contributed by atoms with van der Waals surface area (Å²) in [7, 11) is 4.04. The van der Waals surface area contributed by atoms with Crippen LogP contribution in [0.5, 0.6) is 0 Å². The molecule has 1 aliphatic heterocycles. The Labute approximate surface area is 115 Å². The van der Waals surface area contributed by atoms with Gasteiger partial charge in [0.15, 0.2) is 0 Å². The maximum absolute atomic E-state index is 6.25. The molecule has 1 aromatic carbocycles. The zero-order valence-electron chi connectivity index (χ0n) is 11.2. The van der Waals surface area contributed by atoms with Crippen LogP contribution in [0.2, 0.25) is 5.02 Å². The standard InChI is InChI=1S/C14H22ClN3/c1-18(2)14-12(15)7-5-8-13(14)17-10-11-6-3-4-9-16-11/h5,7-8,11,16-17H,3-4,6,9-10H2,1-2H3. The number of hydrogen-bond acceptors (Lipinski definition) is 3. The first-order valence-corrected chi connectivity index (χ1v) is 6.99. The SMILES string of the molecule is CN(C)c1c(Cl)cccc1NCC1CCCCN1. The minimum Gasteiger partial charge on any atom is -0.382 e. The molecule has 1 atom stereocenters. The van der Waals surface area contributed by atoms with Crippen LogP contribution in [0.15, 0.2) is 18.2 Å². The highest BCUT2D eigenvalue weighted by Gasteiger charge is 2.14. The van der Waals surface area contributed by atoms with Gasteiger partial charge in [-0.2, -0.15) is 0 Å². The largest absolute Gasteiger partial charge is 0.382 e. The first-order valence-electron chi connectivity index (χ1n) is 6.61. The van der Waals surface area contributed by atoms with Crippen molar-refractivity contribution >= 4 is 23.0 Å². The fraction of sp³-hybridized carbons (Fsp3) is 0.571. The third-order valence-electron chi connectivity index (χ3n) is 3.39. The molecule has 2 rings (SSSR count). The summed E-state index contributed by atoms with van der Waals surface area (Å²) in [6, 6.07) is 6.59. The Balaban J connectivity index is 2.02. The number of nitrogens with one attached hydrogen (secondary N) is 2. The molecule has 4 heteroatoms. The Bertz CT molecular complexity index is 387. The van der Waals surface area contributed by atoms with Crippen molar-refractivity contribution < 1.29 is 0 Å². The van der Waals surface area contributed by atoms with Crippen molar-refractivity contribution in [2.75, 3.05) is 37.4 Å². The molecular formula is C14H22ClN3. The van der Waals surface area contributed by atoms with Gasteiger partial charge in [-0.25, -0.2) is 0 Å². The van der Waals surface area contributed by atoms with E-state index in [-0.39, 0.29) is 0 Å². The van der Waals surface area contributed by atoms with Gasteiger partial charge in [-0.05, 0) is 31.5 Å². The molecule has 1 saturated heterocycles. The molecule has 1 aliphatic rings. The molecule has 0 radical (unpaired) electrons. The van der Waals surface area contributed by atoms with Crippen molar-refractivity contribution in [1.82, 2.24) is 5.32 Å². The Morgan fingerprint density at radius 3 is 2.89 bits per heavy atom. The summed E-state index contributed by atoms with van der Waals surface area (Å²) in [6.45, 7) is 2.10. The predicted octanol–water partition coefficient (Wildman–Crippen LogP) is 2.96. The molecule has 0 saturated carbocycles. The minimum absolute atomic E-state index is 0.577. The number of para-hydroxylation sites is 1. The van der Waals surface area contributed by atoms with Crippen LogP contribution >= 0.6 is 11.6 Å². The molecule has 100 valence electrons. The zero-order valence-corrected chi connectivity index (χ0v) is 11.9. The van der Waals surface area contributed by atoms with Crippen molar-refractivity contribution in [2.45, 2.75) is 25.3 Å². The summed E-state index contributed by atoms with van der Waals surface area (Å²) >= 11 is 6.25. The van der Waals surface area contributed by atoms with Gasteiger partial charge in [0.05, 0.1) is 16.4 Å². The molecule has 0 amide bonds. The number of piperidine rings is 1. The lowest BCUT2D eigenvalue weighted by molar-refractivity contribution is 0.414. The first-order chi connectivity index (χ1) is 8.68. The van der Waals surface area contributed by atoms with E-state index >= 15 is 0 Å². The van der Waals surface area contributed by atoms with Crippen molar-refractivity contribution in [3.8, 4) is 0 Å². The topological polar surface area (TPSA) is 27.3 Å². The molecule has 1 aromatic rings. The number of nitrogens with zero attached hydrogens (tertiary/aromatic N) is 1. The van der Waals surface area contributed by atoms with Crippen LogP contribution in [-0.4, -0.2) is 33.2 Å². The van der Waals surface area contributed by atoms with Gasteiger partial charge in [-0.3, -0.25) is 0 Å². The molecule has 0 bridgehead atoms. The predicted molar refractivity (Wildman–Crippen MR) is 79.9 cm³/mol. The average molecular weight is 268 g/mol. The molecule has 18 heavy (non-hydrogen) atoms. The fourth-order valence-corrected chi connectivity index (χ4v) is 2.79. The van der Waals surface area contributed by atoms with E-state index in [9.17, 15) is 0 Å². The van der Waals surface area contributed by atoms with E-state index in [1.165, 1.54) is 19.3 Å². The molecule has 1 heterocycles. The Morgan fingerprint density at radius 1 is 1.39 bits per heavy atom. The van der Waals surface area contributed by atoms with Crippen LogP contribution in [0.3, 0.4) is 0 Å². The lowest BCUT2D eigenvalue weighted by Gasteiger charge is -2.26. The lowest BCUT2D eigenvalue weighted by atomic mass is 10.1. The molecule has 1 fully saturated rings. The summed E-state index contributed by atoms with van der Waals surface area (Å²) in [5.74, 6) is 0. The van der Waals surface area contributed by atoms with Crippen LogP contribution in [-0.2, 0) is 0 Å². The van der Waals surface area contributed by atoms with Crippen molar-refractivity contribution in [2.24, 2.45) is 0 Å². The molecule has 0 aliphatic carbocycles. The van der Waals surface area contributed by atoms with E-state index in [2.05, 4.69) is 21.6 Å². The van der Waals surface area contributed by atoms with Crippen LogP contribution in [0.1, 0.15) is 19.3 Å². The van der Waals surface area contributed by atoms with Gasteiger partial charge in [0.25, 0.3) is 0 Å². The Hall–Kier alpha value is -0.930. The van der Waals surface area contributed by atoms with Gasteiger partial charge in [0.2, 0.25) is 0 Å². The third kappa shape index (κ3) is 3.30. The average Bonchev–Trinajstić information content (AvgIpc) is 2.37. The van der Waals surface area contributed by atoms with Crippen LogP contribution < -0.4 is 15.5 Å². The van der Waals surface area contributed by atoms with E-state index < -0.39 is 0 Å². The maximum Gasteiger partial charge on any atom is 0.0786 e. The summed E-state index contributed by atoms with van der Waals surface area (Å²) in [5.41, 5.74) is 2.18. The second kappa shape index (κ2) is 6.30.